The van der Waals surface area contributed by atoms with Crippen molar-refractivity contribution in [3.63, 3.8) is 0 Å². The van der Waals surface area contributed by atoms with E-state index in [1.165, 1.54) is 33.0 Å². The van der Waals surface area contributed by atoms with Crippen molar-refractivity contribution >= 4 is 21.9 Å². The first-order valence-corrected chi connectivity index (χ1v) is 6.89. The molecule has 0 unspecified atom stereocenters. The summed E-state index contributed by atoms with van der Waals surface area (Å²) < 4.78 is 0. The number of benzene rings is 2. The van der Waals surface area contributed by atoms with Gasteiger partial charge in [-0.1, -0.05) is 50.3 Å². The zero-order chi connectivity index (χ0) is 13.6. The average Bonchev–Trinajstić information content (AvgIpc) is 2.43. The smallest absolute Gasteiger partial charge is 0.00163 e. The number of allylic oxidation sites excluding steroid dienone is 4. The molecule has 2 aromatic carbocycles. The molecule has 0 aliphatic heterocycles. The van der Waals surface area contributed by atoms with Crippen LogP contribution in [-0.4, -0.2) is 0 Å². The van der Waals surface area contributed by atoms with Crippen LogP contribution >= 0.6 is 0 Å². The second kappa shape index (κ2) is 4.09. The minimum atomic E-state index is 0.124. The van der Waals surface area contributed by atoms with Crippen molar-refractivity contribution in [2.24, 2.45) is 5.41 Å². The first kappa shape index (κ1) is 12.2. The van der Waals surface area contributed by atoms with Crippen molar-refractivity contribution in [1.82, 2.24) is 0 Å². The molecule has 0 atom stereocenters. The Labute approximate surface area is 115 Å². The summed E-state index contributed by atoms with van der Waals surface area (Å²) in [5.41, 5.74) is 5.62. The van der Waals surface area contributed by atoms with Crippen LogP contribution in [0.2, 0.25) is 0 Å². The fourth-order valence-electron chi connectivity index (χ4n) is 3.21. The molecule has 0 heterocycles. The molecule has 0 saturated carbocycles. The van der Waals surface area contributed by atoms with Crippen LogP contribution in [0.4, 0.5) is 0 Å². The van der Waals surface area contributed by atoms with Crippen LogP contribution in [0.5, 0.6) is 0 Å². The lowest BCUT2D eigenvalue weighted by Gasteiger charge is -2.15. The molecule has 0 bridgehead atoms. The Kier molecular flexibility index (Phi) is 2.63. The summed E-state index contributed by atoms with van der Waals surface area (Å²) in [6.45, 7) is 8.99. The molecule has 3 rings (SSSR count). The molecular weight excluding hydrogens is 228 g/mol. The summed E-state index contributed by atoms with van der Waals surface area (Å²) in [6.07, 6.45) is 4.74. The van der Waals surface area contributed by atoms with Crippen LogP contribution in [0.1, 0.15) is 38.8 Å². The van der Waals surface area contributed by atoms with Crippen LogP contribution in [0.3, 0.4) is 0 Å². The minimum Gasteiger partial charge on any atom is -0.0715 e. The first-order valence-electron chi connectivity index (χ1n) is 6.89. The van der Waals surface area contributed by atoms with Gasteiger partial charge in [0.2, 0.25) is 0 Å². The van der Waals surface area contributed by atoms with Gasteiger partial charge >= 0.3 is 0 Å². The van der Waals surface area contributed by atoms with Gasteiger partial charge in [0, 0.05) is 5.41 Å². The molecule has 0 heteroatoms. The number of hydrogen-bond acceptors (Lipinski definition) is 0. The van der Waals surface area contributed by atoms with Crippen LogP contribution in [-0.2, 0) is 0 Å². The van der Waals surface area contributed by atoms with Crippen molar-refractivity contribution in [3.05, 3.63) is 59.7 Å². The number of fused-ring (bicyclic) bond motifs is 2. The Balaban J connectivity index is 2.37. The highest BCUT2D eigenvalue weighted by atomic mass is 14.2. The Morgan fingerprint density at radius 3 is 1.58 bits per heavy atom. The van der Waals surface area contributed by atoms with Gasteiger partial charge in [0.15, 0.2) is 0 Å². The zero-order valence-corrected chi connectivity index (χ0v) is 12.1. The van der Waals surface area contributed by atoms with Gasteiger partial charge in [0.25, 0.3) is 0 Å². The van der Waals surface area contributed by atoms with Crippen molar-refractivity contribution in [1.29, 1.82) is 0 Å². The van der Waals surface area contributed by atoms with Gasteiger partial charge in [0.1, 0.15) is 0 Å². The van der Waals surface area contributed by atoms with Crippen molar-refractivity contribution in [3.8, 4) is 0 Å². The Morgan fingerprint density at radius 2 is 1.16 bits per heavy atom. The summed E-state index contributed by atoms with van der Waals surface area (Å²) in [5.74, 6) is 0. The fourth-order valence-corrected chi connectivity index (χ4v) is 3.21. The molecule has 2 aromatic rings. The molecular formula is C19H20. The van der Waals surface area contributed by atoms with E-state index in [2.05, 4.69) is 76.2 Å². The van der Waals surface area contributed by atoms with Gasteiger partial charge in [-0.25, -0.2) is 0 Å². The van der Waals surface area contributed by atoms with Crippen molar-refractivity contribution in [2.45, 2.75) is 27.7 Å². The van der Waals surface area contributed by atoms with Gasteiger partial charge in [-0.15, -0.1) is 0 Å². The monoisotopic (exact) mass is 248 g/mol. The Bertz CT molecular complexity index is 651. The third kappa shape index (κ3) is 2.12. The standard InChI is InChI=1S/C19H20/c1-13-11-19(3,4)12-14(2)18-10-16-8-6-5-7-15(16)9-17(13)18/h5-12H,1-4H3. The van der Waals surface area contributed by atoms with E-state index in [0.717, 1.165) is 0 Å². The predicted molar refractivity (Wildman–Crippen MR) is 85.0 cm³/mol. The highest BCUT2D eigenvalue weighted by Crippen LogP contribution is 2.38. The molecule has 19 heavy (non-hydrogen) atoms. The van der Waals surface area contributed by atoms with E-state index >= 15 is 0 Å². The Morgan fingerprint density at radius 1 is 0.737 bits per heavy atom. The Hall–Kier alpha value is -1.82. The molecule has 0 saturated heterocycles. The van der Waals surface area contributed by atoms with Gasteiger partial charge in [-0.2, -0.15) is 0 Å². The first-order chi connectivity index (χ1) is 8.96. The molecule has 96 valence electrons. The number of rotatable bonds is 0. The third-order valence-corrected chi connectivity index (χ3v) is 3.91. The lowest BCUT2D eigenvalue weighted by molar-refractivity contribution is 0.629. The second-order valence-electron chi connectivity index (χ2n) is 6.22. The zero-order valence-electron chi connectivity index (χ0n) is 12.1. The molecule has 0 radical (unpaired) electrons. The fraction of sp³-hybridized carbons (Fsp3) is 0.263. The van der Waals surface area contributed by atoms with Crippen molar-refractivity contribution in [2.75, 3.05) is 0 Å². The van der Waals surface area contributed by atoms with E-state index in [1.807, 2.05) is 0 Å². The van der Waals surface area contributed by atoms with E-state index in [9.17, 15) is 0 Å². The van der Waals surface area contributed by atoms with Crippen LogP contribution < -0.4 is 0 Å². The van der Waals surface area contributed by atoms with Gasteiger partial charge < -0.3 is 0 Å². The van der Waals surface area contributed by atoms with E-state index in [4.69, 9.17) is 0 Å². The maximum atomic E-state index is 2.37. The highest BCUT2D eigenvalue weighted by Gasteiger charge is 2.19. The predicted octanol–water partition coefficient (Wildman–Crippen LogP) is 5.69. The molecule has 0 spiro atoms. The molecule has 1 aliphatic carbocycles. The molecule has 0 fully saturated rings. The summed E-state index contributed by atoms with van der Waals surface area (Å²) in [4.78, 5) is 0. The second-order valence-corrected chi connectivity index (χ2v) is 6.22. The maximum absolute atomic E-state index is 2.37. The summed E-state index contributed by atoms with van der Waals surface area (Å²) >= 11 is 0. The topological polar surface area (TPSA) is 0 Å². The third-order valence-electron chi connectivity index (χ3n) is 3.91. The van der Waals surface area contributed by atoms with Gasteiger partial charge in [-0.05, 0) is 59.0 Å². The van der Waals surface area contributed by atoms with E-state index in [-0.39, 0.29) is 5.41 Å². The molecule has 0 amide bonds. The average molecular weight is 248 g/mol. The summed E-state index contributed by atoms with van der Waals surface area (Å²) in [5, 5.41) is 2.64. The van der Waals surface area contributed by atoms with E-state index in [0.29, 0.717) is 0 Å². The SMILES string of the molecule is CC1=CC(C)(C)C=C(C)c2cc3ccccc3cc21. The quantitative estimate of drug-likeness (QED) is 0.562. The summed E-state index contributed by atoms with van der Waals surface area (Å²) in [7, 11) is 0. The van der Waals surface area contributed by atoms with E-state index in [1.54, 1.807) is 0 Å². The highest BCUT2D eigenvalue weighted by molar-refractivity contribution is 5.93. The van der Waals surface area contributed by atoms with Crippen LogP contribution in [0.25, 0.3) is 21.9 Å². The normalized spacial score (nSPS) is 17.5. The van der Waals surface area contributed by atoms with Crippen molar-refractivity contribution < 1.29 is 0 Å². The van der Waals surface area contributed by atoms with Gasteiger partial charge in [0.05, 0.1) is 0 Å². The van der Waals surface area contributed by atoms with Crippen LogP contribution in [0, 0.1) is 5.41 Å². The lowest BCUT2D eigenvalue weighted by Crippen LogP contribution is -2.02. The minimum absolute atomic E-state index is 0.124. The molecule has 0 aromatic heterocycles. The van der Waals surface area contributed by atoms with Crippen LogP contribution in [0.15, 0.2) is 48.6 Å². The molecule has 0 N–H and O–H groups in total. The molecule has 1 aliphatic rings. The van der Waals surface area contributed by atoms with E-state index < -0.39 is 0 Å². The summed E-state index contributed by atoms with van der Waals surface area (Å²) in [6, 6.07) is 13.3. The molecule has 0 nitrogen and oxygen atoms in total. The maximum Gasteiger partial charge on any atom is 0.00163 e. The van der Waals surface area contributed by atoms with Gasteiger partial charge in [-0.3, -0.25) is 0 Å². The number of hydrogen-bond donors (Lipinski definition) is 0. The lowest BCUT2D eigenvalue weighted by atomic mass is 9.90. The largest absolute Gasteiger partial charge is 0.0715 e.